The molecule has 1 atom stereocenters. The second-order valence-corrected chi connectivity index (χ2v) is 13.6. The third-order valence-corrected chi connectivity index (χ3v) is 11.1. The fourth-order valence-electron chi connectivity index (χ4n) is 4.57. The van der Waals surface area contributed by atoms with Gasteiger partial charge in [0.2, 0.25) is 5.91 Å². The normalized spacial score (nSPS) is 20.2. The first-order valence-corrected chi connectivity index (χ1v) is 14.8. The summed E-state index contributed by atoms with van der Waals surface area (Å²) in [6, 6.07) is 9.19. The Bertz CT molecular complexity index is 1290. The van der Waals surface area contributed by atoms with Gasteiger partial charge in [-0.2, -0.15) is 4.31 Å². The summed E-state index contributed by atoms with van der Waals surface area (Å²) in [5, 5.41) is 0.688. The van der Waals surface area contributed by atoms with Crippen LogP contribution in [-0.4, -0.2) is 56.0 Å². The maximum absolute atomic E-state index is 13.7. The second kappa shape index (κ2) is 9.83. The molecule has 1 aromatic carbocycles. The summed E-state index contributed by atoms with van der Waals surface area (Å²) in [6.07, 6.45) is 2.87. The van der Waals surface area contributed by atoms with Crippen LogP contribution in [-0.2, 0) is 19.6 Å². The number of para-hydroxylation sites is 1. The quantitative estimate of drug-likeness (QED) is 0.443. The lowest BCUT2D eigenvalue weighted by molar-refractivity contribution is -0.123. The highest BCUT2D eigenvalue weighted by Crippen LogP contribution is 2.35. The Morgan fingerprint density at radius 2 is 2.00 bits per heavy atom. The number of ether oxygens (including phenoxy) is 1. The van der Waals surface area contributed by atoms with Crippen LogP contribution in [0.2, 0.25) is 4.34 Å². The Kier molecular flexibility index (Phi) is 6.98. The van der Waals surface area contributed by atoms with Crippen molar-refractivity contribution in [3.63, 3.8) is 0 Å². The fraction of sp³-hybridized carbons (Fsp3) is 0.478. The number of benzene rings is 1. The van der Waals surface area contributed by atoms with Crippen molar-refractivity contribution in [2.45, 2.75) is 42.9 Å². The van der Waals surface area contributed by atoms with E-state index in [1.807, 2.05) is 25.1 Å². The van der Waals surface area contributed by atoms with Gasteiger partial charge in [-0.25, -0.2) is 13.4 Å². The van der Waals surface area contributed by atoms with E-state index < -0.39 is 10.0 Å². The molecule has 11 heteroatoms. The number of fused-ring (bicyclic) bond motifs is 1. The third kappa shape index (κ3) is 4.76. The summed E-state index contributed by atoms with van der Waals surface area (Å²) >= 11 is 8.52. The molecular weight excluding hydrogens is 514 g/mol. The van der Waals surface area contributed by atoms with Crippen molar-refractivity contribution in [2.75, 3.05) is 31.1 Å². The largest absolute Gasteiger partial charge is 0.376 e. The molecule has 3 aromatic rings. The van der Waals surface area contributed by atoms with Crippen LogP contribution in [0.5, 0.6) is 0 Å². The number of halogens is 1. The molecule has 7 nitrogen and oxygen atoms in total. The minimum Gasteiger partial charge on any atom is -0.376 e. The van der Waals surface area contributed by atoms with E-state index in [1.165, 1.54) is 21.7 Å². The summed E-state index contributed by atoms with van der Waals surface area (Å²) < 4.78 is 34.9. The Balaban J connectivity index is 1.35. The molecule has 0 N–H and O–H groups in total. The summed E-state index contributed by atoms with van der Waals surface area (Å²) in [5.41, 5.74) is 2.00. The molecule has 0 saturated carbocycles. The first kappa shape index (κ1) is 24.1. The monoisotopic (exact) mass is 539 g/mol. The van der Waals surface area contributed by atoms with Gasteiger partial charge in [-0.1, -0.05) is 35.1 Å². The predicted octanol–water partition coefficient (Wildman–Crippen LogP) is 4.93. The summed E-state index contributed by atoms with van der Waals surface area (Å²) in [7, 11) is -3.59. The second-order valence-electron chi connectivity index (χ2n) is 8.74. The average Bonchev–Trinajstić information content (AvgIpc) is 3.58. The van der Waals surface area contributed by atoms with Crippen LogP contribution in [0, 0.1) is 12.8 Å². The number of thiophene rings is 1. The van der Waals surface area contributed by atoms with Gasteiger partial charge in [-0.3, -0.25) is 9.69 Å². The van der Waals surface area contributed by atoms with Gasteiger partial charge < -0.3 is 4.74 Å². The molecule has 0 radical (unpaired) electrons. The number of aromatic nitrogens is 1. The molecule has 0 spiro atoms. The maximum Gasteiger partial charge on any atom is 0.252 e. The van der Waals surface area contributed by atoms with Crippen LogP contribution in [0.25, 0.3) is 10.2 Å². The summed E-state index contributed by atoms with van der Waals surface area (Å²) in [4.78, 5) is 20.3. The summed E-state index contributed by atoms with van der Waals surface area (Å²) in [5.74, 6) is -0.253. The molecular formula is C23H26ClN3O4S3. The molecule has 2 aromatic heterocycles. The molecule has 182 valence electrons. The Morgan fingerprint density at radius 1 is 1.21 bits per heavy atom. The van der Waals surface area contributed by atoms with Crippen LogP contribution < -0.4 is 4.90 Å². The average molecular weight is 540 g/mol. The molecule has 4 heterocycles. The van der Waals surface area contributed by atoms with Crippen molar-refractivity contribution >= 4 is 65.6 Å². The highest BCUT2D eigenvalue weighted by molar-refractivity contribution is 7.91. The molecule has 34 heavy (non-hydrogen) atoms. The number of piperidine rings is 1. The van der Waals surface area contributed by atoms with Crippen LogP contribution in [0.4, 0.5) is 5.13 Å². The van der Waals surface area contributed by atoms with Crippen molar-refractivity contribution in [2.24, 2.45) is 5.92 Å². The Hall–Kier alpha value is -1.56. The van der Waals surface area contributed by atoms with E-state index >= 15 is 0 Å². The number of rotatable bonds is 6. The molecule has 2 fully saturated rings. The van der Waals surface area contributed by atoms with E-state index in [-0.39, 0.29) is 22.1 Å². The van der Waals surface area contributed by atoms with E-state index in [9.17, 15) is 13.2 Å². The lowest BCUT2D eigenvalue weighted by atomic mass is 9.96. The minimum atomic E-state index is -3.59. The van der Waals surface area contributed by atoms with E-state index in [0.29, 0.717) is 48.6 Å². The van der Waals surface area contributed by atoms with Gasteiger partial charge in [-0.05, 0) is 56.4 Å². The lowest BCUT2D eigenvalue weighted by Gasteiger charge is -2.33. The molecule has 2 aliphatic heterocycles. The van der Waals surface area contributed by atoms with Crippen LogP contribution in [0.1, 0.15) is 31.2 Å². The highest BCUT2D eigenvalue weighted by Gasteiger charge is 2.36. The molecule has 1 amide bonds. The summed E-state index contributed by atoms with van der Waals surface area (Å²) in [6.45, 7) is 3.83. The number of amides is 1. The first-order chi connectivity index (χ1) is 16.3. The van der Waals surface area contributed by atoms with Crippen molar-refractivity contribution in [1.82, 2.24) is 9.29 Å². The SMILES string of the molecule is Cc1cccc2sc(N(CC3CCCO3)C(=O)C3CCN(S(=O)(=O)c4ccc(Cl)s4)CC3)nc12. The minimum absolute atomic E-state index is 0.00102. The molecule has 1 unspecified atom stereocenters. The van der Waals surface area contributed by atoms with Gasteiger partial charge in [0, 0.05) is 25.6 Å². The zero-order valence-electron chi connectivity index (χ0n) is 18.8. The third-order valence-electron chi connectivity index (χ3n) is 6.46. The number of thiazole rings is 1. The number of hydrogen-bond acceptors (Lipinski definition) is 7. The van der Waals surface area contributed by atoms with Gasteiger partial charge in [0.05, 0.1) is 27.2 Å². The predicted molar refractivity (Wildman–Crippen MR) is 136 cm³/mol. The van der Waals surface area contributed by atoms with Gasteiger partial charge >= 0.3 is 0 Å². The topological polar surface area (TPSA) is 79.8 Å². The highest BCUT2D eigenvalue weighted by atomic mass is 35.5. The maximum atomic E-state index is 13.7. The number of carbonyl (C=O) groups excluding carboxylic acids is 1. The zero-order chi connectivity index (χ0) is 23.9. The van der Waals surface area contributed by atoms with E-state index in [1.54, 1.807) is 11.0 Å². The standard InChI is InChI=1S/C23H26ClN3O4S3/c1-15-4-2-6-18-21(15)25-23(32-18)27(14-17-5-3-13-31-17)22(28)16-9-11-26(12-10-16)34(29,30)20-8-7-19(24)33-20/h2,4,6-8,16-17H,3,5,9-14H2,1H3. The van der Waals surface area contributed by atoms with Crippen molar-refractivity contribution < 1.29 is 17.9 Å². The first-order valence-electron chi connectivity index (χ1n) is 11.4. The van der Waals surface area contributed by atoms with E-state index in [4.69, 9.17) is 21.3 Å². The number of nitrogens with zero attached hydrogens (tertiary/aromatic N) is 3. The van der Waals surface area contributed by atoms with Gasteiger partial charge in [0.25, 0.3) is 10.0 Å². The van der Waals surface area contributed by atoms with Crippen LogP contribution in [0.3, 0.4) is 0 Å². The Labute approximate surface area is 212 Å². The van der Waals surface area contributed by atoms with Crippen molar-refractivity contribution in [3.05, 3.63) is 40.2 Å². The van der Waals surface area contributed by atoms with Crippen molar-refractivity contribution in [1.29, 1.82) is 0 Å². The van der Waals surface area contributed by atoms with Crippen LogP contribution in [0.15, 0.2) is 34.5 Å². The number of anilines is 1. The number of aryl methyl sites for hydroxylation is 1. The number of sulfonamides is 1. The molecule has 0 bridgehead atoms. The zero-order valence-corrected chi connectivity index (χ0v) is 22.0. The lowest BCUT2D eigenvalue weighted by Crippen LogP contribution is -2.46. The smallest absolute Gasteiger partial charge is 0.252 e. The van der Waals surface area contributed by atoms with E-state index in [2.05, 4.69) is 0 Å². The molecule has 2 aliphatic rings. The van der Waals surface area contributed by atoms with Crippen LogP contribution >= 0.6 is 34.3 Å². The fourth-order valence-corrected chi connectivity index (χ4v) is 8.74. The van der Waals surface area contributed by atoms with Crippen molar-refractivity contribution in [3.8, 4) is 0 Å². The van der Waals surface area contributed by atoms with Gasteiger partial charge in [-0.15, -0.1) is 11.3 Å². The molecule has 0 aliphatic carbocycles. The Morgan fingerprint density at radius 3 is 2.65 bits per heavy atom. The van der Waals surface area contributed by atoms with E-state index in [0.717, 1.165) is 40.0 Å². The van der Waals surface area contributed by atoms with Gasteiger partial charge in [0.15, 0.2) is 5.13 Å². The van der Waals surface area contributed by atoms with Gasteiger partial charge in [0.1, 0.15) is 4.21 Å². The molecule has 2 saturated heterocycles. The molecule has 5 rings (SSSR count). The number of hydrogen-bond donors (Lipinski definition) is 0. The number of carbonyl (C=O) groups is 1.